The summed E-state index contributed by atoms with van der Waals surface area (Å²) in [5, 5.41) is 0. The van der Waals surface area contributed by atoms with E-state index in [-0.39, 0.29) is 0 Å². The second-order valence-corrected chi connectivity index (χ2v) is 1.15. The standard InChI is InChI=1S/C3H2GeO/c4-2-1-3-5/h1-2H/b2-1+. The summed E-state index contributed by atoms with van der Waals surface area (Å²) >= 11 is 1.77. The van der Waals surface area contributed by atoms with Gasteiger partial charge in [-0.1, -0.05) is 0 Å². The Labute approximate surface area is 39.3 Å². The third kappa shape index (κ3) is 3.95. The van der Waals surface area contributed by atoms with E-state index in [2.05, 4.69) is 0 Å². The van der Waals surface area contributed by atoms with E-state index in [9.17, 15) is 4.79 Å². The van der Waals surface area contributed by atoms with Gasteiger partial charge < -0.3 is 0 Å². The van der Waals surface area contributed by atoms with Gasteiger partial charge in [-0.15, -0.1) is 0 Å². The number of carbonyl (C=O) groups excluding carboxylic acids is 1. The van der Waals surface area contributed by atoms with Crippen LogP contribution in [0.4, 0.5) is 0 Å². The minimum atomic E-state index is 1.32. The van der Waals surface area contributed by atoms with Gasteiger partial charge in [0.15, 0.2) is 0 Å². The molecule has 0 fully saturated rings. The van der Waals surface area contributed by atoms with Crippen molar-refractivity contribution in [2.75, 3.05) is 0 Å². The molecule has 4 radical (unpaired) electrons. The fourth-order valence-electron chi connectivity index (χ4n) is 0.0340. The molecule has 0 bridgehead atoms. The molecule has 0 N–H and O–H groups in total. The van der Waals surface area contributed by atoms with Crippen molar-refractivity contribution in [2.45, 2.75) is 0 Å². The van der Waals surface area contributed by atoms with Gasteiger partial charge in [-0.05, 0) is 0 Å². The summed E-state index contributed by atoms with van der Waals surface area (Å²) in [6.07, 6.45) is 2.91. The summed E-state index contributed by atoms with van der Waals surface area (Å²) in [5.41, 5.74) is 0. The number of allylic oxidation sites excluding steroid dienone is 1. The van der Waals surface area contributed by atoms with Crippen LogP contribution in [0.5, 0.6) is 0 Å². The Bertz CT molecular complexity index is 48.9. The molecule has 0 unspecified atom stereocenters. The van der Waals surface area contributed by atoms with Crippen LogP contribution < -0.4 is 0 Å². The molecular weight excluding hydrogens is 125 g/mol. The molecule has 2 heteroatoms. The molecule has 0 aliphatic rings. The Morgan fingerprint density at radius 1 is 1.80 bits per heavy atom. The summed E-state index contributed by atoms with van der Waals surface area (Å²) in [5.74, 6) is 0. The number of hydrogen-bond donors (Lipinski definition) is 0. The Kier molecular flexibility index (Phi) is 3.92. The zero-order chi connectivity index (χ0) is 4.12. The zero-order valence-electron chi connectivity index (χ0n) is 2.56. The molecule has 0 amide bonds. The van der Waals surface area contributed by atoms with E-state index in [1.165, 1.54) is 6.08 Å². The summed E-state index contributed by atoms with van der Waals surface area (Å²) in [6.45, 7) is 0. The average molecular weight is 127 g/mol. The quantitative estimate of drug-likeness (QED) is 0.351. The normalized spacial score (nSPS) is 9.00. The topological polar surface area (TPSA) is 17.1 Å². The zero-order valence-corrected chi connectivity index (χ0v) is 4.66. The van der Waals surface area contributed by atoms with Gasteiger partial charge in [-0.3, -0.25) is 0 Å². The van der Waals surface area contributed by atoms with Gasteiger partial charge in [-0.2, -0.15) is 0 Å². The van der Waals surface area contributed by atoms with Gasteiger partial charge in [0, 0.05) is 0 Å². The van der Waals surface area contributed by atoms with Crippen LogP contribution in [-0.4, -0.2) is 22.8 Å². The van der Waals surface area contributed by atoms with Gasteiger partial charge >= 0.3 is 38.6 Å². The SMILES string of the molecule is O=[C]/C=[CH]/[Ge]. The van der Waals surface area contributed by atoms with Crippen molar-refractivity contribution in [2.24, 2.45) is 0 Å². The van der Waals surface area contributed by atoms with Crippen molar-refractivity contribution in [1.82, 2.24) is 0 Å². The van der Waals surface area contributed by atoms with Crippen LogP contribution in [0.1, 0.15) is 0 Å². The maximum atomic E-state index is 9.19. The molecule has 0 aliphatic heterocycles. The first-order chi connectivity index (χ1) is 2.41. The first kappa shape index (κ1) is 4.95. The Morgan fingerprint density at radius 3 is 2.40 bits per heavy atom. The third-order valence-electron chi connectivity index (χ3n) is 0.151. The van der Waals surface area contributed by atoms with E-state index in [1.54, 1.807) is 27.7 Å². The van der Waals surface area contributed by atoms with E-state index in [0.717, 1.165) is 0 Å². The first-order valence-corrected chi connectivity index (χ1v) is 2.33. The molecule has 0 aromatic carbocycles. The van der Waals surface area contributed by atoms with Crippen molar-refractivity contribution in [1.29, 1.82) is 0 Å². The van der Waals surface area contributed by atoms with Gasteiger partial charge in [0.2, 0.25) is 0 Å². The van der Waals surface area contributed by atoms with Gasteiger partial charge in [0.1, 0.15) is 0 Å². The fraction of sp³-hybridized carbons (Fsp3) is 0. The number of rotatable bonds is 1. The van der Waals surface area contributed by atoms with Crippen molar-refractivity contribution in [3.05, 3.63) is 11.0 Å². The molecule has 24 valence electrons. The van der Waals surface area contributed by atoms with Crippen molar-refractivity contribution < 1.29 is 4.79 Å². The van der Waals surface area contributed by atoms with Crippen LogP contribution in [0.3, 0.4) is 0 Å². The van der Waals surface area contributed by atoms with Gasteiger partial charge in [-0.25, -0.2) is 0 Å². The van der Waals surface area contributed by atoms with E-state index in [1.807, 2.05) is 0 Å². The summed E-state index contributed by atoms with van der Waals surface area (Å²) < 4.78 is 0. The van der Waals surface area contributed by atoms with Crippen LogP contribution in [-0.2, 0) is 4.79 Å². The van der Waals surface area contributed by atoms with E-state index in [0.29, 0.717) is 0 Å². The van der Waals surface area contributed by atoms with E-state index < -0.39 is 0 Å². The molecule has 0 rings (SSSR count). The van der Waals surface area contributed by atoms with Crippen LogP contribution in [0.15, 0.2) is 11.0 Å². The first-order valence-electron chi connectivity index (χ1n) is 1.11. The molecular formula is C3H2GeO. The van der Waals surface area contributed by atoms with Crippen molar-refractivity contribution >= 4 is 22.8 Å². The predicted octanol–water partition coefficient (Wildman–Crippen LogP) is -0.222. The molecule has 0 aromatic rings. The van der Waals surface area contributed by atoms with Gasteiger partial charge in [0.05, 0.1) is 0 Å². The summed E-state index contributed by atoms with van der Waals surface area (Å²) in [6, 6.07) is 0. The maximum absolute atomic E-state index is 9.19. The van der Waals surface area contributed by atoms with Gasteiger partial charge in [0.25, 0.3) is 0 Å². The molecule has 0 saturated heterocycles. The second-order valence-electron chi connectivity index (χ2n) is 0.451. The molecule has 0 heterocycles. The van der Waals surface area contributed by atoms with Crippen molar-refractivity contribution in [3.8, 4) is 0 Å². The third-order valence-corrected chi connectivity index (χ3v) is 0.501. The van der Waals surface area contributed by atoms with Crippen LogP contribution in [0, 0.1) is 0 Å². The monoisotopic (exact) mass is 128 g/mol. The summed E-state index contributed by atoms with van der Waals surface area (Å²) in [4.78, 5) is 10.8. The second kappa shape index (κ2) is 3.95. The molecule has 0 atom stereocenters. The average Bonchev–Trinajstić information content (AvgIpc) is 1.41. The number of hydrogen-bond acceptors (Lipinski definition) is 1. The molecule has 0 saturated carbocycles. The predicted molar refractivity (Wildman–Crippen MR) is 20.6 cm³/mol. The molecule has 1 nitrogen and oxygen atoms in total. The molecule has 5 heavy (non-hydrogen) atoms. The molecule has 0 aliphatic carbocycles. The summed E-state index contributed by atoms with van der Waals surface area (Å²) in [7, 11) is 0. The van der Waals surface area contributed by atoms with Crippen molar-refractivity contribution in [3.63, 3.8) is 0 Å². The fourth-order valence-corrected chi connectivity index (χ4v) is 0.177. The molecule has 0 spiro atoms. The van der Waals surface area contributed by atoms with E-state index in [4.69, 9.17) is 0 Å². The van der Waals surface area contributed by atoms with Crippen LogP contribution >= 0.6 is 0 Å². The minimum absolute atomic E-state index is 1.32. The Hall–Kier alpha value is -0.0471. The Morgan fingerprint density at radius 2 is 2.40 bits per heavy atom. The molecule has 0 aromatic heterocycles. The van der Waals surface area contributed by atoms with E-state index >= 15 is 0 Å². The Balaban J connectivity index is 2.92. The van der Waals surface area contributed by atoms with Crippen LogP contribution in [0.25, 0.3) is 0 Å². The van der Waals surface area contributed by atoms with Crippen LogP contribution in [0.2, 0.25) is 0 Å².